The zero-order valence-electron chi connectivity index (χ0n) is 12.5. The van der Waals surface area contributed by atoms with Crippen LogP contribution in [0, 0.1) is 0 Å². The predicted molar refractivity (Wildman–Crippen MR) is 71.9 cm³/mol. The van der Waals surface area contributed by atoms with Crippen LogP contribution in [0.3, 0.4) is 0 Å². The smallest absolute Gasteiger partial charge is 0.351 e. The number of esters is 3. The van der Waals surface area contributed by atoms with Gasteiger partial charge in [0, 0.05) is 13.8 Å². The molecule has 0 aliphatic heterocycles. The zero-order valence-corrected chi connectivity index (χ0v) is 12.5. The molecule has 0 spiro atoms. The summed E-state index contributed by atoms with van der Waals surface area (Å²) < 4.78 is 14.4. The highest BCUT2D eigenvalue weighted by atomic mass is 16.6. The SMILES string of the molecule is CCCCCCCOC(=O)[C@H](COC(C)=O)OC(C)=O. The lowest BCUT2D eigenvalue weighted by atomic mass is 10.2. The number of carbonyl (C=O) groups excluding carboxylic acids is 3. The lowest BCUT2D eigenvalue weighted by Crippen LogP contribution is -2.33. The molecule has 0 aromatic carbocycles. The second kappa shape index (κ2) is 11.3. The highest BCUT2D eigenvalue weighted by Gasteiger charge is 2.24. The van der Waals surface area contributed by atoms with Gasteiger partial charge in [0.15, 0.2) is 0 Å². The van der Waals surface area contributed by atoms with Gasteiger partial charge in [-0.15, -0.1) is 0 Å². The summed E-state index contributed by atoms with van der Waals surface area (Å²) in [5, 5.41) is 0. The Kier molecular flexibility index (Phi) is 10.4. The van der Waals surface area contributed by atoms with Crippen molar-refractivity contribution in [1.82, 2.24) is 0 Å². The van der Waals surface area contributed by atoms with Gasteiger partial charge in [0.25, 0.3) is 0 Å². The Bertz CT molecular complexity index is 313. The van der Waals surface area contributed by atoms with Crippen molar-refractivity contribution in [3.05, 3.63) is 0 Å². The molecule has 0 saturated carbocycles. The molecule has 6 heteroatoms. The molecule has 0 bridgehead atoms. The summed E-state index contributed by atoms with van der Waals surface area (Å²) in [6.45, 7) is 4.48. The Hall–Kier alpha value is -1.59. The molecule has 0 rings (SSSR count). The van der Waals surface area contributed by atoms with Gasteiger partial charge in [0.2, 0.25) is 6.10 Å². The number of hydrogen-bond donors (Lipinski definition) is 0. The molecule has 0 heterocycles. The monoisotopic (exact) mass is 288 g/mol. The molecule has 0 amide bonds. The van der Waals surface area contributed by atoms with Crippen molar-refractivity contribution < 1.29 is 28.6 Å². The van der Waals surface area contributed by atoms with Crippen LogP contribution in [0.25, 0.3) is 0 Å². The van der Waals surface area contributed by atoms with Gasteiger partial charge in [-0.2, -0.15) is 0 Å². The van der Waals surface area contributed by atoms with Gasteiger partial charge in [-0.05, 0) is 6.42 Å². The van der Waals surface area contributed by atoms with Gasteiger partial charge in [-0.25, -0.2) is 4.79 Å². The molecule has 1 atom stereocenters. The molecule has 116 valence electrons. The summed E-state index contributed by atoms with van der Waals surface area (Å²) in [5.74, 6) is -1.85. The lowest BCUT2D eigenvalue weighted by Gasteiger charge is -2.15. The average Bonchev–Trinajstić information content (AvgIpc) is 2.37. The largest absolute Gasteiger partial charge is 0.463 e. The lowest BCUT2D eigenvalue weighted by molar-refractivity contribution is -0.173. The van der Waals surface area contributed by atoms with E-state index < -0.39 is 24.0 Å². The van der Waals surface area contributed by atoms with E-state index in [1.54, 1.807) is 0 Å². The van der Waals surface area contributed by atoms with E-state index in [4.69, 9.17) is 9.47 Å². The third kappa shape index (κ3) is 10.3. The summed E-state index contributed by atoms with van der Waals surface area (Å²) in [4.78, 5) is 33.3. The summed E-state index contributed by atoms with van der Waals surface area (Å²) in [6.07, 6.45) is 3.99. The van der Waals surface area contributed by atoms with E-state index in [9.17, 15) is 14.4 Å². The van der Waals surface area contributed by atoms with Crippen LogP contribution in [0.2, 0.25) is 0 Å². The fourth-order valence-corrected chi connectivity index (χ4v) is 1.51. The van der Waals surface area contributed by atoms with E-state index >= 15 is 0 Å². The third-order valence-electron chi connectivity index (χ3n) is 2.50. The van der Waals surface area contributed by atoms with Gasteiger partial charge in [0.05, 0.1) is 6.61 Å². The molecular weight excluding hydrogens is 264 g/mol. The molecule has 0 aliphatic rings. The Morgan fingerprint density at radius 2 is 1.55 bits per heavy atom. The van der Waals surface area contributed by atoms with Crippen molar-refractivity contribution in [3.8, 4) is 0 Å². The number of ether oxygens (including phenoxy) is 3. The van der Waals surface area contributed by atoms with Crippen molar-refractivity contribution in [3.63, 3.8) is 0 Å². The van der Waals surface area contributed by atoms with E-state index in [1.165, 1.54) is 13.8 Å². The van der Waals surface area contributed by atoms with Crippen LogP contribution < -0.4 is 0 Å². The van der Waals surface area contributed by atoms with Crippen LogP contribution in [0.15, 0.2) is 0 Å². The fraction of sp³-hybridized carbons (Fsp3) is 0.786. The maximum atomic E-state index is 11.7. The average molecular weight is 288 g/mol. The van der Waals surface area contributed by atoms with Gasteiger partial charge >= 0.3 is 17.9 Å². The molecule has 0 fully saturated rings. The maximum Gasteiger partial charge on any atom is 0.351 e. The second-order valence-corrected chi connectivity index (χ2v) is 4.48. The van der Waals surface area contributed by atoms with Crippen molar-refractivity contribution in [2.45, 2.75) is 59.0 Å². The number of carbonyl (C=O) groups is 3. The summed E-state index contributed by atoms with van der Waals surface area (Å²) >= 11 is 0. The van der Waals surface area contributed by atoms with E-state index in [0.29, 0.717) is 0 Å². The molecule has 6 nitrogen and oxygen atoms in total. The van der Waals surface area contributed by atoms with E-state index in [1.807, 2.05) is 0 Å². The van der Waals surface area contributed by atoms with Crippen LogP contribution in [-0.2, 0) is 28.6 Å². The third-order valence-corrected chi connectivity index (χ3v) is 2.50. The minimum atomic E-state index is -1.19. The number of unbranched alkanes of at least 4 members (excludes halogenated alkanes) is 4. The highest BCUT2D eigenvalue weighted by molar-refractivity contribution is 5.79. The first kappa shape index (κ1) is 18.4. The summed E-state index contributed by atoms with van der Waals surface area (Å²) in [7, 11) is 0. The van der Waals surface area contributed by atoms with Crippen LogP contribution in [-0.4, -0.2) is 37.2 Å². The van der Waals surface area contributed by atoms with Gasteiger partial charge < -0.3 is 14.2 Å². The molecule has 0 saturated heterocycles. The van der Waals surface area contributed by atoms with Crippen LogP contribution in [0.5, 0.6) is 0 Å². The van der Waals surface area contributed by atoms with Gasteiger partial charge in [-0.3, -0.25) is 9.59 Å². The van der Waals surface area contributed by atoms with Gasteiger partial charge in [0.1, 0.15) is 6.61 Å². The molecule has 0 aromatic rings. The Morgan fingerprint density at radius 1 is 0.900 bits per heavy atom. The first-order valence-electron chi connectivity index (χ1n) is 6.94. The summed E-state index contributed by atoms with van der Waals surface area (Å²) in [5.41, 5.74) is 0. The first-order chi connectivity index (χ1) is 9.47. The Morgan fingerprint density at radius 3 is 2.10 bits per heavy atom. The van der Waals surface area contributed by atoms with E-state index in [0.717, 1.165) is 32.1 Å². The normalized spacial score (nSPS) is 11.6. The van der Waals surface area contributed by atoms with Crippen molar-refractivity contribution in [2.24, 2.45) is 0 Å². The first-order valence-corrected chi connectivity index (χ1v) is 6.94. The minimum absolute atomic E-state index is 0.278. The van der Waals surface area contributed by atoms with E-state index in [-0.39, 0.29) is 13.2 Å². The molecule has 0 aliphatic carbocycles. The molecule has 0 radical (unpaired) electrons. The quantitative estimate of drug-likeness (QED) is 0.347. The molecular formula is C14H24O6. The van der Waals surface area contributed by atoms with Crippen molar-refractivity contribution in [1.29, 1.82) is 0 Å². The predicted octanol–water partition coefficient (Wildman–Crippen LogP) is 1.99. The molecule has 20 heavy (non-hydrogen) atoms. The number of hydrogen-bond acceptors (Lipinski definition) is 6. The highest BCUT2D eigenvalue weighted by Crippen LogP contribution is 2.04. The van der Waals surface area contributed by atoms with Crippen LogP contribution >= 0.6 is 0 Å². The number of rotatable bonds is 10. The maximum absolute atomic E-state index is 11.7. The van der Waals surface area contributed by atoms with Gasteiger partial charge in [-0.1, -0.05) is 32.6 Å². The second-order valence-electron chi connectivity index (χ2n) is 4.48. The van der Waals surface area contributed by atoms with Crippen molar-refractivity contribution in [2.75, 3.05) is 13.2 Å². The molecule has 0 N–H and O–H groups in total. The standard InChI is InChI=1S/C14H24O6/c1-4-5-6-7-8-9-18-14(17)13(20-12(3)16)10-19-11(2)15/h13H,4-10H2,1-3H3/t13-/m0/s1. The summed E-state index contributed by atoms with van der Waals surface area (Å²) in [6, 6.07) is 0. The van der Waals surface area contributed by atoms with E-state index in [2.05, 4.69) is 11.7 Å². The molecule has 0 aromatic heterocycles. The molecule has 0 unspecified atom stereocenters. The van der Waals surface area contributed by atoms with Crippen molar-refractivity contribution >= 4 is 17.9 Å². The Labute approximate surface area is 119 Å². The zero-order chi connectivity index (χ0) is 15.4. The fourth-order valence-electron chi connectivity index (χ4n) is 1.51. The minimum Gasteiger partial charge on any atom is -0.463 e. The van der Waals surface area contributed by atoms with Crippen LogP contribution in [0.1, 0.15) is 52.9 Å². The Balaban J connectivity index is 4.00. The van der Waals surface area contributed by atoms with Crippen LogP contribution in [0.4, 0.5) is 0 Å². The topological polar surface area (TPSA) is 78.9 Å².